The lowest BCUT2D eigenvalue weighted by Gasteiger charge is -2.38. The predicted octanol–water partition coefficient (Wildman–Crippen LogP) is 6.15. The normalized spacial score (nSPS) is 14.8. The van der Waals surface area contributed by atoms with Gasteiger partial charge >= 0.3 is 17.9 Å². The molecule has 0 aromatic heterocycles. The number of ether oxygens (including phenoxy) is 3. The Morgan fingerprint density at radius 1 is 0.696 bits per heavy atom. The van der Waals surface area contributed by atoms with Gasteiger partial charge < -0.3 is 14.2 Å². The van der Waals surface area contributed by atoms with Gasteiger partial charge in [0, 0.05) is 6.54 Å². The van der Waals surface area contributed by atoms with Crippen LogP contribution in [-0.2, 0) is 41.8 Å². The predicted molar refractivity (Wildman–Crippen MR) is 170 cm³/mol. The molecule has 3 aromatic carbocycles. The highest BCUT2D eigenvalue weighted by Crippen LogP contribution is 2.42. The Labute approximate surface area is 269 Å². The molecule has 9 nitrogen and oxygen atoms in total. The zero-order valence-electron chi connectivity index (χ0n) is 27.0. The fourth-order valence-electron chi connectivity index (χ4n) is 5.50. The quantitative estimate of drug-likeness (QED) is 0.0959. The SMILES string of the molecule is CC(C)C[C@@H](C(=O)OCc1ccccc1)C(CCN1C(=O)c2ccccc2C1=O)(C(=O)OCc1ccccc1)C(=O)OC(C)(C)C. The molecule has 0 radical (unpaired) electrons. The van der Waals surface area contributed by atoms with E-state index in [1.54, 1.807) is 81.4 Å². The fourth-order valence-corrected chi connectivity index (χ4v) is 5.50. The molecule has 0 spiro atoms. The van der Waals surface area contributed by atoms with E-state index in [0.29, 0.717) is 5.56 Å². The first-order chi connectivity index (χ1) is 21.8. The summed E-state index contributed by atoms with van der Waals surface area (Å²) >= 11 is 0. The third-order valence-electron chi connectivity index (χ3n) is 7.76. The number of imide groups is 1. The van der Waals surface area contributed by atoms with Gasteiger partial charge in [-0.3, -0.25) is 28.9 Å². The van der Waals surface area contributed by atoms with E-state index in [4.69, 9.17) is 14.2 Å². The Bertz CT molecular complexity index is 1530. The number of carbonyl (C=O) groups excluding carboxylic acids is 5. The standard InChI is InChI=1S/C37H41NO8/c1-25(2)22-30(33(41)44-23-26-14-8-6-9-15-26)37(35(43)46-36(3,4)5,34(42)45-24-27-16-10-7-11-17-27)20-21-38-31(39)28-18-12-13-19-29(28)32(38)40/h6-19,25,30H,20-24H2,1-5H3/t30-,37?/m0/s1. The summed E-state index contributed by atoms with van der Waals surface area (Å²) in [5, 5.41) is 0. The summed E-state index contributed by atoms with van der Waals surface area (Å²) in [5.74, 6) is -5.41. The third-order valence-corrected chi connectivity index (χ3v) is 7.76. The maximum atomic E-state index is 14.4. The molecular formula is C37H41NO8. The van der Waals surface area contributed by atoms with Crippen LogP contribution in [0.3, 0.4) is 0 Å². The number of nitrogens with zero attached hydrogens (tertiary/aromatic N) is 1. The lowest BCUT2D eigenvalue weighted by atomic mass is 9.69. The number of benzene rings is 3. The monoisotopic (exact) mass is 627 g/mol. The summed E-state index contributed by atoms with van der Waals surface area (Å²) in [5.41, 5.74) is -1.46. The third kappa shape index (κ3) is 7.88. The molecule has 0 aliphatic carbocycles. The van der Waals surface area contributed by atoms with E-state index in [1.165, 1.54) is 0 Å². The molecule has 2 amide bonds. The van der Waals surface area contributed by atoms with Crippen LogP contribution < -0.4 is 0 Å². The van der Waals surface area contributed by atoms with Gasteiger partial charge in [-0.1, -0.05) is 86.6 Å². The second-order valence-electron chi connectivity index (χ2n) is 12.9. The first-order valence-electron chi connectivity index (χ1n) is 15.4. The van der Waals surface area contributed by atoms with Gasteiger partial charge in [0.05, 0.1) is 17.0 Å². The smallest absolute Gasteiger partial charge is 0.324 e. The minimum absolute atomic E-state index is 0.0649. The molecule has 1 unspecified atom stereocenters. The average Bonchev–Trinajstić information content (AvgIpc) is 3.27. The number of hydrogen-bond donors (Lipinski definition) is 0. The van der Waals surface area contributed by atoms with E-state index in [9.17, 15) is 24.0 Å². The number of amides is 2. The van der Waals surface area contributed by atoms with Gasteiger partial charge in [-0.25, -0.2) is 0 Å². The first-order valence-corrected chi connectivity index (χ1v) is 15.4. The number of fused-ring (bicyclic) bond motifs is 1. The van der Waals surface area contributed by atoms with Crippen molar-refractivity contribution in [2.75, 3.05) is 6.54 Å². The topological polar surface area (TPSA) is 116 Å². The second-order valence-corrected chi connectivity index (χ2v) is 12.9. The van der Waals surface area contributed by atoms with E-state index in [1.807, 2.05) is 38.1 Å². The molecule has 46 heavy (non-hydrogen) atoms. The van der Waals surface area contributed by atoms with Gasteiger partial charge in [0.15, 0.2) is 5.41 Å². The molecule has 4 rings (SSSR count). The van der Waals surface area contributed by atoms with E-state index in [2.05, 4.69) is 0 Å². The molecule has 1 heterocycles. The average molecular weight is 628 g/mol. The molecule has 0 saturated carbocycles. The largest absolute Gasteiger partial charge is 0.461 e. The highest BCUT2D eigenvalue weighted by molar-refractivity contribution is 6.21. The van der Waals surface area contributed by atoms with Crippen molar-refractivity contribution in [2.45, 2.75) is 66.3 Å². The molecule has 0 N–H and O–H groups in total. The van der Waals surface area contributed by atoms with Crippen molar-refractivity contribution in [1.82, 2.24) is 4.90 Å². The van der Waals surface area contributed by atoms with Gasteiger partial charge in [-0.05, 0) is 62.8 Å². The van der Waals surface area contributed by atoms with E-state index in [-0.39, 0.29) is 43.2 Å². The minimum Gasteiger partial charge on any atom is -0.461 e. The molecule has 3 aromatic rings. The van der Waals surface area contributed by atoms with Gasteiger partial charge in [0.2, 0.25) is 0 Å². The Kier molecular flexibility index (Phi) is 10.8. The van der Waals surface area contributed by atoms with Crippen LogP contribution in [-0.4, -0.2) is 46.8 Å². The maximum absolute atomic E-state index is 14.4. The molecule has 0 bridgehead atoms. The molecule has 0 fully saturated rings. The van der Waals surface area contributed by atoms with Gasteiger partial charge in [-0.15, -0.1) is 0 Å². The molecular weight excluding hydrogens is 586 g/mol. The Hall–Kier alpha value is -4.79. The Morgan fingerprint density at radius 2 is 1.17 bits per heavy atom. The lowest BCUT2D eigenvalue weighted by molar-refractivity contribution is -0.192. The maximum Gasteiger partial charge on any atom is 0.324 e. The first kappa shape index (κ1) is 34.1. The van der Waals surface area contributed by atoms with Crippen LogP contribution in [0.15, 0.2) is 84.9 Å². The summed E-state index contributed by atoms with van der Waals surface area (Å²) in [6.07, 6.45) is -0.353. The van der Waals surface area contributed by atoms with Crippen LogP contribution in [0.4, 0.5) is 0 Å². The molecule has 0 saturated heterocycles. The Morgan fingerprint density at radius 3 is 1.65 bits per heavy atom. The molecule has 1 aliphatic rings. The molecule has 9 heteroatoms. The highest BCUT2D eigenvalue weighted by atomic mass is 16.6. The summed E-state index contributed by atoms with van der Waals surface area (Å²) in [6.45, 7) is 8.07. The van der Waals surface area contributed by atoms with Crippen molar-refractivity contribution in [1.29, 1.82) is 0 Å². The second kappa shape index (κ2) is 14.5. The fraction of sp³-hybridized carbons (Fsp3) is 0.378. The molecule has 242 valence electrons. The molecule has 2 atom stereocenters. The number of hydrogen-bond acceptors (Lipinski definition) is 8. The highest BCUT2D eigenvalue weighted by Gasteiger charge is 2.59. The van der Waals surface area contributed by atoms with Gasteiger partial charge in [0.1, 0.15) is 18.8 Å². The minimum atomic E-state index is -2.25. The summed E-state index contributed by atoms with van der Waals surface area (Å²) in [6, 6.07) is 24.4. The van der Waals surface area contributed by atoms with Crippen LogP contribution >= 0.6 is 0 Å². The van der Waals surface area contributed by atoms with Crippen LogP contribution in [0, 0.1) is 17.3 Å². The number of rotatable bonds is 13. The van der Waals surface area contributed by atoms with Crippen molar-refractivity contribution < 1.29 is 38.2 Å². The van der Waals surface area contributed by atoms with Crippen molar-refractivity contribution >= 4 is 29.7 Å². The van der Waals surface area contributed by atoms with Crippen molar-refractivity contribution in [2.24, 2.45) is 17.3 Å². The van der Waals surface area contributed by atoms with Gasteiger partial charge in [0.25, 0.3) is 11.8 Å². The lowest BCUT2D eigenvalue weighted by Crippen LogP contribution is -2.54. The zero-order valence-corrected chi connectivity index (χ0v) is 27.0. The van der Waals surface area contributed by atoms with Crippen LogP contribution in [0.1, 0.15) is 79.3 Å². The van der Waals surface area contributed by atoms with Crippen LogP contribution in [0.2, 0.25) is 0 Å². The van der Waals surface area contributed by atoms with Crippen molar-refractivity contribution in [3.63, 3.8) is 0 Å². The van der Waals surface area contributed by atoms with Crippen molar-refractivity contribution in [3.8, 4) is 0 Å². The summed E-state index contributed by atoms with van der Waals surface area (Å²) < 4.78 is 17.4. The zero-order chi connectivity index (χ0) is 33.5. The number of esters is 3. The van der Waals surface area contributed by atoms with Crippen molar-refractivity contribution in [3.05, 3.63) is 107 Å². The van der Waals surface area contributed by atoms with E-state index >= 15 is 0 Å². The van der Waals surface area contributed by atoms with E-state index in [0.717, 1.165) is 10.5 Å². The van der Waals surface area contributed by atoms with Crippen LogP contribution in [0.25, 0.3) is 0 Å². The van der Waals surface area contributed by atoms with E-state index < -0.39 is 53.1 Å². The van der Waals surface area contributed by atoms with Gasteiger partial charge in [-0.2, -0.15) is 0 Å². The Balaban J connectivity index is 1.78. The summed E-state index contributed by atoms with van der Waals surface area (Å²) in [7, 11) is 0. The summed E-state index contributed by atoms with van der Waals surface area (Å²) in [4.78, 5) is 70.5. The molecule has 1 aliphatic heterocycles. The number of carbonyl (C=O) groups is 5. The van der Waals surface area contributed by atoms with Crippen LogP contribution in [0.5, 0.6) is 0 Å².